The summed E-state index contributed by atoms with van der Waals surface area (Å²) in [4.78, 5) is 46.0. The Morgan fingerprint density at radius 3 is 2.13 bits per heavy atom. The summed E-state index contributed by atoms with van der Waals surface area (Å²) in [6, 6.07) is 0.193. The van der Waals surface area contributed by atoms with Crippen LogP contribution in [0, 0.1) is 11.8 Å². The number of hydrogen-bond donors (Lipinski definition) is 1. The third-order valence-electron chi connectivity index (χ3n) is 4.59. The molecule has 0 aromatic rings. The Kier molecular flexibility index (Phi) is 8.13. The van der Waals surface area contributed by atoms with Gasteiger partial charge in [-0.1, -0.05) is 20.3 Å². The fraction of sp³-hybridized carbons (Fsp3) is 0.778. The normalized spacial score (nSPS) is 24.0. The van der Waals surface area contributed by atoms with Crippen molar-refractivity contribution in [3.05, 3.63) is 0 Å². The Balaban J connectivity index is 2.25. The van der Waals surface area contributed by atoms with Crippen molar-refractivity contribution in [2.45, 2.75) is 78.2 Å². The van der Waals surface area contributed by atoms with Crippen LogP contribution in [-0.4, -0.2) is 29.3 Å². The van der Waals surface area contributed by atoms with Gasteiger partial charge in [0.15, 0.2) is 0 Å². The first kappa shape index (κ1) is 19.5. The maximum absolute atomic E-state index is 12.0. The molecule has 0 radical (unpaired) electrons. The summed E-state index contributed by atoms with van der Waals surface area (Å²) in [5.41, 5.74) is 0. The molecule has 5 nitrogen and oxygen atoms in total. The third kappa shape index (κ3) is 8.05. The summed E-state index contributed by atoms with van der Waals surface area (Å²) in [6.45, 7) is 5.77. The van der Waals surface area contributed by atoms with Gasteiger partial charge < -0.3 is 10.1 Å². The molecule has 5 heteroatoms. The van der Waals surface area contributed by atoms with Crippen molar-refractivity contribution in [1.82, 2.24) is 5.32 Å². The molecule has 130 valence electrons. The van der Waals surface area contributed by atoms with Crippen LogP contribution in [0.4, 0.5) is 0 Å². The van der Waals surface area contributed by atoms with E-state index < -0.39 is 0 Å². The van der Waals surface area contributed by atoms with Gasteiger partial charge in [-0.3, -0.25) is 14.4 Å². The molecule has 1 fully saturated rings. The monoisotopic (exact) mass is 323 g/mol. The summed E-state index contributed by atoms with van der Waals surface area (Å²) in [5.74, 6) is 0.483. The summed E-state index contributed by atoms with van der Waals surface area (Å²) in [7, 11) is 0. The first-order chi connectivity index (χ1) is 10.8. The molecule has 3 atom stereocenters. The van der Waals surface area contributed by atoms with Gasteiger partial charge in [0, 0.05) is 31.7 Å². The molecule has 0 saturated heterocycles. The van der Waals surface area contributed by atoms with Crippen LogP contribution in [0.25, 0.3) is 0 Å². The van der Waals surface area contributed by atoms with Crippen LogP contribution in [0.1, 0.15) is 72.1 Å². The van der Waals surface area contributed by atoms with Gasteiger partial charge in [-0.05, 0) is 31.6 Å². The molecule has 0 spiro atoms. The van der Waals surface area contributed by atoms with E-state index in [9.17, 15) is 19.2 Å². The topological polar surface area (TPSA) is 80.3 Å². The Morgan fingerprint density at radius 2 is 1.52 bits per heavy atom. The molecule has 1 saturated carbocycles. The predicted molar refractivity (Wildman–Crippen MR) is 87.9 cm³/mol. The average molecular weight is 323 g/mol. The standard InChI is InChI=1S/C18H29NO4/c1-12-4-5-13(2)17(10-12)19-18(23)9-8-16(22)11-15(21)7-6-14(3)20/h12-13,17H,4-11H2,1-3H3,(H,19,23). The fourth-order valence-electron chi connectivity index (χ4n) is 2.98. The lowest BCUT2D eigenvalue weighted by molar-refractivity contribution is -0.130. The van der Waals surface area contributed by atoms with Crippen molar-refractivity contribution in [1.29, 1.82) is 0 Å². The molecule has 1 aliphatic carbocycles. The molecule has 23 heavy (non-hydrogen) atoms. The number of carbonyl (C=O) groups excluding carboxylic acids is 4. The average Bonchev–Trinajstić information content (AvgIpc) is 2.47. The SMILES string of the molecule is CC(=O)CCC(=O)CC(=O)CCC(=O)NC1CC(C)CCC1C. The van der Waals surface area contributed by atoms with Gasteiger partial charge in [0.2, 0.25) is 5.91 Å². The zero-order chi connectivity index (χ0) is 17.4. The number of carbonyl (C=O) groups is 4. The van der Waals surface area contributed by atoms with Gasteiger partial charge in [0.05, 0.1) is 6.42 Å². The van der Waals surface area contributed by atoms with Crippen molar-refractivity contribution in [3.63, 3.8) is 0 Å². The number of Topliss-reactive ketones (excluding diaryl/α,β-unsaturated/α-hetero) is 3. The molecule has 3 unspecified atom stereocenters. The van der Waals surface area contributed by atoms with Crippen LogP contribution in [0.2, 0.25) is 0 Å². The highest BCUT2D eigenvalue weighted by atomic mass is 16.2. The molecule has 0 aromatic carbocycles. The summed E-state index contributed by atoms with van der Waals surface area (Å²) >= 11 is 0. The highest BCUT2D eigenvalue weighted by Crippen LogP contribution is 2.28. The third-order valence-corrected chi connectivity index (χ3v) is 4.59. The van der Waals surface area contributed by atoms with Gasteiger partial charge in [-0.25, -0.2) is 0 Å². The fourth-order valence-corrected chi connectivity index (χ4v) is 2.98. The maximum Gasteiger partial charge on any atom is 0.220 e. The van der Waals surface area contributed by atoms with Gasteiger partial charge in [-0.15, -0.1) is 0 Å². The zero-order valence-electron chi connectivity index (χ0n) is 14.5. The molecule has 0 bridgehead atoms. The molecule has 1 aliphatic rings. The van der Waals surface area contributed by atoms with E-state index >= 15 is 0 Å². The summed E-state index contributed by atoms with van der Waals surface area (Å²) in [6.07, 6.45) is 3.67. The minimum atomic E-state index is -0.223. The Morgan fingerprint density at radius 1 is 0.913 bits per heavy atom. The Hall–Kier alpha value is -1.52. The Labute approximate surface area is 138 Å². The molecular weight excluding hydrogens is 294 g/mol. The highest BCUT2D eigenvalue weighted by molar-refractivity contribution is 6.00. The van der Waals surface area contributed by atoms with Gasteiger partial charge >= 0.3 is 0 Å². The minimum absolute atomic E-state index is 0.0546. The van der Waals surface area contributed by atoms with E-state index in [-0.39, 0.29) is 61.4 Å². The zero-order valence-corrected chi connectivity index (χ0v) is 14.5. The van der Waals surface area contributed by atoms with E-state index in [0.717, 1.165) is 12.8 Å². The first-order valence-corrected chi connectivity index (χ1v) is 8.60. The number of hydrogen-bond acceptors (Lipinski definition) is 4. The van der Waals surface area contributed by atoms with Crippen LogP contribution >= 0.6 is 0 Å². The number of ketones is 3. The maximum atomic E-state index is 12.0. The quantitative estimate of drug-likeness (QED) is 0.661. The summed E-state index contributed by atoms with van der Waals surface area (Å²) in [5, 5.41) is 3.03. The highest BCUT2D eigenvalue weighted by Gasteiger charge is 2.26. The number of amides is 1. The molecule has 1 amide bonds. The van der Waals surface area contributed by atoms with E-state index in [2.05, 4.69) is 19.2 Å². The summed E-state index contributed by atoms with van der Waals surface area (Å²) < 4.78 is 0. The number of nitrogens with one attached hydrogen (secondary N) is 1. The van der Waals surface area contributed by atoms with Crippen molar-refractivity contribution in [2.24, 2.45) is 11.8 Å². The molecule has 0 aliphatic heterocycles. The van der Waals surface area contributed by atoms with E-state index in [1.54, 1.807) is 0 Å². The molecule has 0 aromatic heterocycles. The van der Waals surface area contributed by atoms with E-state index in [1.165, 1.54) is 13.3 Å². The lowest BCUT2D eigenvalue weighted by Crippen LogP contribution is -2.42. The molecule has 1 rings (SSSR count). The van der Waals surface area contributed by atoms with Crippen LogP contribution < -0.4 is 5.32 Å². The number of rotatable bonds is 9. The van der Waals surface area contributed by atoms with E-state index in [0.29, 0.717) is 11.8 Å². The lowest BCUT2D eigenvalue weighted by Gasteiger charge is -2.33. The van der Waals surface area contributed by atoms with Crippen LogP contribution in [0.15, 0.2) is 0 Å². The second-order valence-corrected chi connectivity index (χ2v) is 7.03. The van der Waals surface area contributed by atoms with Gasteiger partial charge in [0.1, 0.15) is 17.3 Å². The Bertz CT molecular complexity index is 458. The van der Waals surface area contributed by atoms with E-state index in [4.69, 9.17) is 0 Å². The van der Waals surface area contributed by atoms with Crippen LogP contribution in [-0.2, 0) is 19.2 Å². The predicted octanol–water partition coefficient (Wildman–Crippen LogP) is 2.61. The second kappa shape index (κ2) is 9.58. The first-order valence-electron chi connectivity index (χ1n) is 8.60. The lowest BCUT2D eigenvalue weighted by atomic mass is 9.80. The smallest absolute Gasteiger partial charge is 0.220 e. The van der Waals surface area contributed by atoms with Crippen LogP contribution in [0.5, 0.6) is 0 Å². The van der Waals surface area contributed by atoms with Crippen molar-refractivity contribution < 1.29 is 19.2 Å². The molecular formula is C18H29NO4. The van der Waals surface area contributed by atoms with Gasteiger partial charge in [-0.2, -0.15) is 0 Å². The van der Waals surface area contributed by atoms with Crippen molar-refractivity contribution in [3.8, 4) is 0 Å². The van der Waals surface area contributed by atoms with Gasteiger partial charge in [0.25, 0.3) is 0 Å². The van der Waals surface area contributed by atoms with Crippen LogP contribution in [0.3, 0.4) is 0 Å². The molecule has 1 N–H and O–H groups in total. The minimum Gasteiger partial charge on any atom is -0.353 e. The molecule has 0 heterocycles. The van der Waals surface area contributed by atoms with Crippen molar-refractivity contribution in [2.75, 3.05) is 0 Å². The largest absolute Gasteiger partial charge is 0.353 e. The second-order valence-electron chi connectivity index (χ2n) is 7.03. The van der Waals surface area contributed by atoms with E-state index in [1.807, 2.05) is 0 Å². The van der Waals surface area contributed by atoms with Crippen molar-refractivity contribution >= 4 is 23.3 Å².